The summed E-state index contributed by atoms with van der Waals surface area (Å²) in [7, 11) is 0. The molecule has 0 spiro atoms. The molecule has 0 N–H and O–H groups in total. The van der Waals surface area contributed by atoms with Gasteiger partial charge in [0.2, 0.25) is 0 Å². The van der Waals surface area contributed by atoms with Crippen molar-refractivity contribution in [1.82, 2.24) is 0 Å². The number of nitriles is 1. The Hall–Kier alpha value is -0.510. The van der Waals surface area contributed by atoms with Gasteiger partial charge in [-0.1, -0.05) is 27.2 Å². The summed E-state index contributed by atoms with van der Waals surface area (Å²) in [6, 6.07) is 2.41. The molecule has 1 heteroatoms. The van der Waals surface area contributed by atoms with E-state index >= 15 is 0 Å². The molecule has 0 aliphatic heterocycles. The second kappa shape index (κ2) is 2.85. The largest absolute Gasteiger partial charge is 0.198 e. The fraction of sp³-hybridized carbons (Fsp3) is 0.900. The second-order valence-electron chi connectivity index (χ2n) is 4.41. The molecule has 0 heterocycles. The Morgan fingerprint density at radius 2 is 2.09 bits per heavy atom. The Morgan fingerprint density at radius 1 is 1.45 bits per heavy atom. The third-order valence-electron chi connectivity index (χ3n) is 3.34. The minimum Gasteiger partial charge on any atom is -0.198 e. The molecule has 11 heavy (non-hydrogen) atoms. The average molecular weight is 151 g/mol. The van der Waals surface area contributed by atoms with Crippen LogP contribution >= 0.6 is 0 Å². The van der Waals surface area contributed by atoms with Crippen molar-refractivity contribution in [2.45, 2.75) is 40.0 Å². The number of nitrogens with zero attached hydrogens (tertiary/aromatic N) is 1. The molecule has 2 atom stereocenters. The van der Waals surface area contributed by atoms with E-state index in [0.717, 1.165) is 6.42 Å². The standard InChI is InChI=1S/C10H17N/c1-8-9(7-11)5-4-6-10(8,2)3/h8-9H,4-6H2,1-3H3. The van der Waals surface area contributed by atoms with Crippen molar-refractivity contribution < 1.29 is 0 Å². The van der Waals surface area contributed by atoms with E-state index in [9.17, 15) is 0 Å². The van der Waals surface area contributed by atoms with Gasteiger partial charge in [-0.15, -0.1) is 0 Å². The lowest BCUT2D eigenvalue weighted by Crippen LogP contribution is -2.31. The molecule has 0 amide bonds. The molecule has 1 nitrogen and oxygen atoms in total. The molecule has 0 aromatic rings. The summed E-state index contributed by atoms with van der Waals surface area (Å²) < 4.78 is 0. The van der Waals surface area contributed by atoms with Crippen molar-refractivity contribution in [2.75, 3.05) is 0 Å². The molecule has 0 aromatic heterocycles. The van der Waals surface area contributed by atoms with E-state index < -0.39 is 0 Å². The second-order valence-corrected chi connectivity index (χ2v) is 4.41. The highest BCUT2D eigenvalue weighted by molar-refractivity contribution is 4.95. The summed E-state index contributed by atoms with van der Waals surface area (Å²) in [6.07, 6.45) is 3.63. The van der Waals surface area contributed by atoms with Gasteiger partial charge in [0.1, 0.15) is 0 Å². The Bertz CT molecular complexity index is 176. The Kier molecular flexibility index (Phi) is 2.23. The number of hydrogen-bond donors (Lipinski definition) is 0. The lowest BCUT2D eigenvalue weighted by molar-refractivity contribution is 0.118. The van der Waals surface area contributed by atoms with Crippen LogP contribution in [-0.4, -0.2) is 0 Å². The molecule has 1 aliphatic carbocycles. The Balaban J connectivity index is 2.69. The van der Waals surface area contributed by atoms with Crippen LogP contribution in [0.3, 0.4) is 0 Å². The molecule has 1 saturated carbocycles. The maximum Gasteiger partial charge on any atom is 0.0658 e. The van der Waals surface area contributed by atoms with E-state index in [2.05, 4.69) is 26.8 Å². The van der Waals surface area contributed by atoms with Crippen molar-refractivity contribution >= 4 is 0 Å². The van der Waals surface area contributed by atoms with Crippen LogP contribution in [0, 0.1) is 28.6 Å². The molecule has 0 aromatic carbocycles. The first-order valence-electron chi connectivity index (χ1n) is 4.47. The lowest BCUT2D eigenvalue weighted by Gasteiger charge is -2.39. The zero-order valence-corrected chi connectivity index (χ0v) is 7.72. The molecule has 1 fully saturated rings. The average Bonchev–Trinajstić information content (AvgIpc) is 1.95. The predicted molar refractivity (Wildman–Crippen MR) is 45.9 cm³/mol. The SMILES string of the molecule is CC1C(C#N)CCCC1(C)C. The number of rotatable bonds is 0. The van der Waals surface area contributed by atoms with E-state index in [1.807, 2.05) is 0 Å². The van der Waals surface area contributed by atoms with Gasteiger partial charge in [-0.25, -0.2) is 0 Å². The van der Waals surface area contributed by atoms with Crippen LogP contribution in [-0.2, 0) is 0 Å². The quantitative estimate of drug-likeness (QED) is 0.522. The first-order valence-corrected chi connectivity index (χ1v) is 4.47. The van der Waals surface area contributed by atoms with Gasteiger partial charge in [-0.2, -0.15) is 5.26 Å². The van der Waals surface area contributed by atoms with E-state index in [4.69, 9.17) is 5.26 Å². The zero-order chi connectivity index (χ0) is 8.48. The van der Waals surface area contributed by atoms with Crippen molar-refractivity contribution in [2.24, 2.45) is 17.3 Å². The molecular weight excluding hydrogens is 134 g/mol. The van der Waals surface area contributed by atoms with Gasteiger partial charge in [0.15, 0.2) is 0 Å². The summed E-state index contributed by atoms with van der Waals surface area (Å²) in [5.41, 5.74) is 0.388. The minimum atomic E-state index is 0.304. The highest BCUT2D eigenvalue weighted by Crippen LogP contribution is 2.43. The first kappa shape index (κ1) is 8.59. The molecule has 0 bridgehead atoms. The molecule has 62 valence electrons. The maximum atomic E-state index is 8.84. The van der Waals surface area contributed by atoms with Gasteiger partial charge < -0.3 is 0 Å². The lowest BCUT2D eigenvalue weighted by atomic mass is 9.65. The molecule has 1 rings (SSSR count). The highest BCUT2D eigenvalue weighted by atomic mass is 14.4. The van der Waals surface area contributed by atoms with Crippen LogP contribution in [0.1, 0.15) is 40.0 Å². The Labute approximate surface area is 69.4 Å². The summed E-state index contributed by atoms with van der Waals surface area (Å²) in [4.78, 5) is 0. The van der Waals surface area contributed by atoms with E-state index in [-0.39, 0.29) is 0 Å². The molecular formula is C10H17N. The van der Waals surface area contributed by atoms with Crippen LogP contribution in [0.2, 0.25) is 0 Å². The van der Waals surface area contributed by atoms with Crippen LogP contribution < -0.4 is 0 Å². The third kappa shape index (κ3) is 1.56. The molecule has 2 unspecified atom stereocenters. The topological polar surface area (TPSA) is 23.8 Å². The fourth-order valence-electron chi connectivity index (χ4n) is 1.98. The van der Waals surface area contributed by atoms with Crippen molar-refractivity contribution in [3.8, 4) is 6.07 Å². The van der Waals surface area contributed by atoms with E-state index in [0.29, 0.717) is 17.3 Å². The zero-order valence-electron chi connectivity index (χ0n) is 7.72. The molecule has 1 aliphatic rings. The van der Waals surface area contributed by atoms with Gasteiger partial charge in [0.25, 0.3) is 0 Å². The highest BCUT2D eigenvalue weighted by Gasteiger charge is 2.35. The number of hydrogen-bond acceptors (Lipinski definition) is 1. The predicted octanol–water partition coefficient (Wildman–Crippen LogP) is 2.97. The van der Waals surface area contributed by atoms with Crippen LogP contribution in [0.4, 0.5) is 0 Å². The minimum absolute atomic E-state index is 0.304. The van der Waals surface area contributed by atoms with Gasteiger partial charge in [0.05, 0.1) is 6.07 Å². The van der Waals surface area contributed by atoms with E-state index in [1.54, 1.807) is 0 Å². The summed E-state index contributed by atoms with van der Waals surface area (Å²) in [6.45, 7) is 6.77. The van der Waals surface area contributed by atoms with Gasteiger partial charge in [0, 0.05) is 5.92 Å². The smallest absolute Gasteiger partial charge is 0.0658 e. The molecule has 0 radical (unpaired) electrons. The summed E-state index contributed by atoms with van der Waals surface area (Å²) >= 11 is 0. The fourth-order valence-corrected chi connectivity index (χ4v) is 1.98. The third-order valence-corrected chi connectivity index (χ3v) is 3.34. The van der Waals surface area contributed by atoms with Crippen molar-refractivity contribution in [1.29, 1.82) is 5.26 Å². The monoisotopic (exact) mass is 151 g/mol. The van der Waals surface area contributed by atoms with Gasteiger partial charge >= 0.3 is 0 Å². The summed E-state index contributed by atoms with van der Waals surface area (Å²) in [5.74, 6) is 0.875. The summed E-state index contributed by atoms with van der Waals surface area (Å²) in [5, 5.41) is 8.84. The van der Waals surface area contributed by atoms with Crippen LogP contribution in [0.15, 0.2) is 0 Å². The molecule has 0 saturated heterocycles. The van der Waals surface area contributed by atoms with Crippen LogP contribution in [0.25, 0.3) is 0 Å². The normalized spacial score (nSPS) is 36.2. The van der Waals surface area contributed by atoms with E-state index in [1.165, 1.54) is 12.8 Å². The maximum absolute atomic E-state index is 8.84. The van der Waals surface area contributed by atoms with Crippen molar-refractivity contribution in [3.05, 3.63) is 0 Å². The van der Waals surface area contributed by atoms with Gasteiger partial charge in [-0.05, 0) is 24.2 Å². The van der Waals surface area contributed by atoms with Crippen LogP contribution in [0.5, 0.6) is 0 Å². The van der Waals surface area contributed by atoms with Crippen molar-refractivity contribution in [3.63, 3.8) is 0 Å². The Morgan fingerprint density at radius 3 is 2.55 bits per heavy atom. The first-order chi connectivity index (χ1) is 5.08. The van der Waals surface area contributed by atoms with Gasteiger partial charge in [-0.3, -0.25) is 0 Å².